The van der Waals surface area contributed by atoms with Crippen molar-refractivity contribution >= 4 is 5.69 Å². The van der Waals surface area contributed by atoms with Crippen molar-refractivity contribution in [2.75, 3.05) is 19.7 Å². The molecule has 0 spiro atoms. The van der Waals surface area contributed by atoms with E-state index in [1.165, 1.54) is 12.1 Å². The molecular weight excluding hydrogens is 244 g/mol. The molecule has 1 aromatic carbocycles. The molecule has 1 unspecified atom stereocenters. The smallest absolute Gasteiger partial charge is 0.269 e. The molecule has 2 rings (SSSR count). The van der Waals surface area contributed by atoms with Gasteiger partial charge in [-0.2, -0.15) is 0 Å². The fraction of sp³-hybridized carbons (Fsp3) is 0.571. The van der Waals surface area contributed by atoms with Crippen LogP contribution in [-0.4, -0.2) is 35.1 Å². The minimum atomic E-state index is -0.382. The molecule has 1 fully saturated rings. The standard InChI is InChI=1S/C14H20N2O3/c1-14(2,3)15-8-9-19-13(10-15)11-4-6-12(7-5-11)16(17)18/h4-7,13H,8-10H2,1-3H3. The number of non-ortho nitro benzene ring substituents is 1. The van der Waals surface area contributed by atoms with Gasteiger partial charge in [-0.15, -0.1) is 0 Å². The molecule has 5 heteroatoms. The molecule has 1 aromatic rings. The maximum atomic E-state index is 10.6. The van der Waals surface area contributed by atoms with Crippen LogP contribution in [0.15, 0.2) is 24.3 Å². The van der Waals surface area contributed by atoms with E-state index < -0.39 is 0 Å². The molecule has 19 heavy (non-hydrogen) atoms. The first kappa shape index (κ1) is 14.0. The van der Waals surface area contributed by atoms with Crippen LogP contribution in [0.25, 0.3) is 0 Å². The van der Waals surface area contributed by atoms with E-state index in [4.69, 9.17) is 4.74 Å². The molecular formula is C14H20N2O3. The molecule has 104 valence electrons. The van der Waals surface area contributed by atoms with E-state index in [1.54, 1.807) is 12.1 Å². The summed E-state index contributed by atoms with van der Waals surface area (Å²) in [6.07, 6.45) is -0.00576. The largest absolute Gasteiger partial charge is 0.371 e. The van der Waals surface area contributed by atoms with Crippen LogP contribution in [-0.2, 0) is 4.74 Å². The number of ether oxygens (including phenoxy) is 1. The quantitative estimate of drug-likeness (QED) is 0.609. The van der Waals surface area contributed by atoms with Gasteiger partial charge in [0.1, 0.15) is 0 Å². The van der Waals surface area contributed by atoms with E-state index in [1.807, 2.05) is 0 Å². The third kappa shape index (κ3) is 3.30. The lowest BCUT2D eigenvalue weighted by atomic mass is 10.0. The summed E-state index contributed by atoms with van der Waals surface area (Å²) in [6, 6.07) is 6.65. The molecule has 1 aliphatic heterocycles. The fourth-order valence-electron chi connectivity index (χ4n) is 2.27. The first-order chi connectivity index (χ1) is 8.88. The number of nitro benzene ring substituents is 1. The highest BCUT2D eigenvalue weighted by Crippen LogP contribution is 2.27. The normalized spacial score (nSPS) is 21.3. The highest BCUT2D eigenvalue weighted by molar-refractivity contribution is 5.34. The summed E-state index contributed by atoms with van der Waals surface area (Å²) in [4.78, 5) is 12.6. The van der Waals surface area contributed by atoms with Crippen LogP contribution in [0.2, 0.25) is 0 Å². The lowest BCUT2D eigenvalue weighted by molar-refractivity contribution is -0.384. The highest BCUT2D eigenvalue weighted by atomic mass is 16.6. The molecule has 0 N–H and O–H groups in total. The third-order valence-corrected chi connectivity index (χ3v) is 3.49. The van der Waals surface area contributed by atoms with Crippen molar-refractivity contribution in [2.45, 2.75) is 32.4 Å². The van der Waals surface area contributed by atoms with E-state index in [0.29, 0.717) is 6.61 Å². The Kier molecular flexibility index (Phi) is 3.87. The molecule has 0 radical (unpaired) electrons. The maximum Gasteiger partial charge on any atom is 0.269 e. The van der Waals surface area contributed by atoms with E-state index >= 15 is 0 Å². The van der Waals surface area contributed by atoms with Crippen LogP contribution in [0.1, 0.15) is 32.4 Å². The van der Waals surface area contributed by atoms with Crippen molar-refractivity contribution in [3.63, 3.8) is 0 Å². The molecule has 1 heterocycles. The molecule has 0 amide bonds. The molecule has 5 nitrogen and oxygen atoms in total. The van der Waals surface area contributed by atoms with Gasteiger partial charge in [0.2, 0.25) is 0 Å². The van der Waals surface area contributed by atoms with Crippen molar-refractivity contribution < 1.29 is 9.66 Å². The number of hydrogen-bond acceptors (Lipinski definition) is 4. The molecule has 0 saturated carbocycles. The van der Waals surface area contributed by atoms with Gasteiger partial charge in [0.25, 0.3) is 5.69 Å². The highest BCUT2D eigenvalue weighted by Gasteiger charge is 2.29. The van der Waals surface area contributed by atoms with Crippen LogP contribution < -0.4 is 0 Å². The lowest BCUT2D eigenvalue weighted by Crippen LogP contribution is -2.48. The van der Waals surface area contributed by atoms with Crippen LogP contribution >= 0.6 is 0 Å². The van der Waals surface area contributed by atoms with E-state index in [9.17, 15) is 10.1 Å². The minimum absolute atomic E-state index is 0.00576. The number of benzene rings is 1. The minimum Gasteiger partial charge on any atom is -0.371 e. The summed E-state index contributed by atoms with van der Waals surface area (Å²) < 4.78 is 5.78. The van der Waals surface area contributed by atoms with Crippen molar-refractivity contribution in [1.29, 1.82) is 0 Å². The van der Waals surface area contributed by atoms with Gasteiger partial charge >= 0.3 is 0 Å². The fourth-order valence-corrected chi connectivity index (χ4v) is 2.27. The monoisotopic (exact) mass is 264 g/mol. The Morgan fingerprint density at radius 1 is 1.32 bits per heavy atom. The van der Waals surface area contributed by atoms with Gasteiger partial charge < -0.3 is 4.74 Å². The third-order valence-electron chi connectivity index (χ3n) is 3.49. The number of rotatable bonds is 2. The Morgan fingerprint density at radius 2 is 1.95 bits per heavy atom. The zero-order valence-corrected chi connectivity index (χ0v) is 11.6. The molecule has 1 atom stereocenters. The van der Waals surface area contributed by atoms with Gasteiger partial charge in [0.15, 0.2) is 0 Å². The number of hydrogen-bond donors (Lipinski definition) is 0. The Balaban J connectivity index is 2.11. The van der Waals surface area contributed by atoms with Crippen molar-refractivity contribution in [3.05, 3.63) is 39.9 Å². The zero-order chi connectivity index (χ0) is 14.0. The van der Waals surface area contributed by atoms with Crippen LogP contribution in [0.4, 0.5) is 5.69 Å². The molecule has 0 bridgehead atoms. The molecule has 1 aliphatic rings. The Hall–Kier alpha value is -1.46. The summed E-state index contributed by atoms with van der Waals surface area (Å²) in [5.74, 6) is 0. The molecule has 1 saturated heterocycles. The van der Waals surface area contributed by atoms with Crippen molar-refractivity contribution in [3.8, 4) is 0 Å². The van der Waals surface area contributed by atoms with Crippen LogP contribution in [0.5, 0.6) is 0 Å². The Bertz CT molecular complexity index is 451. The van der Waals surface area contributed by atoms with Gasteiger partial charge in [-0.05, 0) is 38.5 Å². The first-order valence-electron chi connectivity index (χ1n) is 6.49. The maximum absolute atomic E-state index is 10.6. The second kappa shape index (κ2) is 5.27. The topological polar surface area (TPSA) is 55.6 Å². The van der Waals surface area contributed by atoms with Crippen molar-refractivity contribution in [2.24, 2.45) is 0 Å². The van der Waals surface area contributed by atoms with E-state index in [2.05, 4.69) is 25.7 Å². The van der Waals surface area contributed by atoms with Gasteiger partial charge in [0.05, 0.1) is 17.6 Å². The van der Waals surface area contributed by atoms with Crippen LogP contribution in [0.3, 0.4) is 0 Å². The lowest BCUT2D eigenvalue weighted by Gasteiger charge is -2.41. The van der Waals surface area contributed by atoms with Gasteiger partial charge in [-0.1, -0.05) is 0 Å². The zero-order valence-electron chi connectivity index (χ0n) is 11.6. The van der Waals surface area contributed by atoms with Gasteiger partial charge in [-0.25, -0.2) is 0 Å². The molecule has 0 aromatic heterocycles. The van der Waals surface area contributed by atoms with Crippen molar-refractivity contribution in [1.82, 2.24) is 4.90 Å². The molecule has 0 aliphatic carbocycles. The Morgan fingerprint density at radius 3 is 2.47 bits per heavy atom. The number of nitrogens with zero attached hydrogens (tertiary/aromatic N) is 2. The van der Waals surface area contributed by atoms with Crippen LogP contribution in [0, 0.1) is 10.1 Å². The summed E-state index contributed by atoms with van der Waals surface area (Å²) in [5.41, 5.74) is 1.23. The van der Waals surface area contributed by atoms with Gasteiger partial charge in [-0.3, -0.25) is 15.0 Å². The average Bonchev–Trinajstić information content (AvgIpc) is 2.38. The van der Waals surface area contributed by atoms with E-state index in [-0.39, 0.29) is 22.3 Å². The van der Waals surface area contributed by atoms with Gasteiger partial charge in [0, 0.05) is 30.8 Å². The second-order valence-electron chi connectivity index (χ2n) is 5.82. The summed E-state index contributed by atoms with van der Waals surface area (Å²) in [7, 11) is 0. The second-order valence-corrected chi connectivity index (χ2v) is 5.82. The number of nitro groups is 1. The SMILES string of the molecule is CC(C)(C)N1CCOC(c2ccc([N+](=O)[O-])cc2)C1. The Labute approximate surface area is 113 Å². The summed E-state index contributed by atoms with van der Waals surface area (Å²) >= 11 is 0. The summed E-state index contributed by atoms with van der Waals surface area (Å²) in [5, 5.41) is 10.6. The van der Waals surface area contributed by atoms with E-state index in [0.717, 1.165) is 18.7 Å². The average molecular weight is 264 g/mol. The predicted octanol–water partition coefficient (Wildman–Crippen LogP) is 2.77. The predicted molar refractivity (Wildman–Crippen MR) is 73.1 cm³/mol. The first-order valence-corrected chi connectivity index (χ1v) is 6.49. The number of morpholine rings is 1. The summed E-state index contributed by atoms with van der Waals surface area (Å²) in [6.45, 7) is 8.99.